The molecule has 0 bridgehead atoms. The highest BCUT2D eigenvalue weighted by Gasteiger charge is 2.35. The van der Waals surface area contributed by atoms with Crippen molar-refractivity contribution in [3.63, 3.8) is 0 Å². The SMILES string of the molecule is CC(CO)N1Cc2c(ccc(Cl)c2NC(=O)Cc2ccc(F)c(C(F)(F)F)c2)C1=O. The molecule has 2 aromatic carbocycles. The van der Waals surface area contributed by atoms with E-state index in [4.69, 9.17) is 11.6 Å². The number of aliphatic hydroxyl groups excluding tert-OH is 1. The minimum Gasteiger partial charge on any atom is -0.394 e. The monoisotopic (exact) mass is 444 g/mol. The van der Waals surface area contributed by atoms with E-state index in [1.165, 1.54) is 17.0 Å². The third-order valence-electron chi connectivity index (χ3n) is 4.84. The van der Waals surface area contributed by atoms with Crippen molar-refractivity contribution in [2.45, 2.75) is 32.1 Å². The van der Waals surface area contributed by atoms with E-state index in [2.05, 4.69) is 5.32 Å². The molecule has 0 spiro atoms. The molecular formula is C20H17ClF4N2O3. The van der Waals surface area contributed by atoms with E-state index in [0.29, 0.717) is 23.3 Å². The van der Waals surface area contributed by atoms with Crippen molar-refractivity contribution in [3.05, 3.63) is 63.4 Å². The van der Waals surface area contributed by atoms with Gasteiger partial charge in [-0.05, 0) is 36.8 Å². The number of fused-ring (bicyclic) bond motifs is 1. The summed E-state index contributed by atoms with van der Waals surface area (Å²) in [6.45, 7) is 1.53. The van der Waals surface area contributed by atoms with Gasteiger partial charge in [0.25, 0.3) is 5.91 Å². The second kappa shape index (κ2) is 8.23. The average molecular weight is 445 g/mol. The number of halogens is 5. The molecule has 10 heteroatoms. The van der Waals surface area contributed by atoms with Crippen LogP contribution >= 0.6 is 11.6 Å². The highest BCUT2D eigenvalue weighted by Crippen LogP contribution is 2.36. The van der Waals surface area contributed by atoms with Crippen LogP contribution in [0.1, 0.15) is 34.0 Å². The predicted molar refractivity (Wildman–Crippen MR) is 102 cm³/mol. The number of benzene rings is 2. The van der Waals surface area contributed by atoms with Gasteiger partial charge in [-0.1, -0.05) is 17.7 Å². The lowest BCUT2D eigenvalue weighted by Crippen LogP contribution is -2.35. The molecule has 1 atom stereocenters. The largest absolute Gasteiger partial charge is 0.419 e. The van der Waals surface area contributed by atoms with Gasteiger partial charge < -0.3 is 15.3 Å². The van der Waals surface area contributed by atoms with Crippen LogP contribution in [-0.4, -0.2) is 34.5 Å². The first-order valence-corrected chi connectivity index (χ1v) is 9.29. The topological polar surface area (TPSA) is 69.6 Å². The zero-order chi connectivity index (χ0) is 22.2. The minimum atomic E-state index is -4.88. The summed E-state index contributed by atoms with van der Waals surface area (Å²) in [5.41, 5.74) is -0.534. The molecule has 0 saturated heterocycles. The van der Waals surface area contributed by atoms with Crippen molar-refractivity contribution in [2.75, 3.05) is 11.9 Å². The number of carbonyl (C=O) groups is 2. The third kappa shape index (κ3) is 4.27. The Bertz CT molecular complexity index is 1010. The normalized spacial score (nSPS) is 14.6. The molecule has 30 heavy (non-hydrogen) atoms. The lowest BCUT2D eigenvalue weighted by atomic mass is 10.1. The second-order valence-electron chi connectivity index (χ2n) is 6.95. The second-order valence-corrected chi connectivity index (χ2v) is 7.36. The van der Waals surface area contributed by atoms with Crippen LogP contribution in [0, 0.1) is 5.82 Å². The van der Waals surface area contributed by atoms with Gasteiger partial charge in [0.1, 0.15) is 5.82 Å². The quantitative estimate of drug-likeness (QED) is 0.684. The minimum absolute atomic E-state index is 0.0310. The number of anilines is 1. The van der Waals surface area contributed by atoms with Crippen molar-refractivity contribution >= 4 is 29.1 Å². The van der Waals surface area contributed by atoms with E-state index in [9.17, 15) is 32.3 Å². The fourth-order valence-corrected chi connectivity index (χ4v) is 3.46. The number of aliphatic hydroxyl groups is 1. The first-order valence-electron chi connectivity index (χ1n) is 8.91. The first kappa shape index (κ1) is 22.0. The molecule has 1 unspecified atom stereocenters. The van der Waals surface area contributed by atoms with Crippen LogP contribution in [0.3, 0.4) is 0 Å². The van der Waals surface area contributed by atoms with Crippen LogP contribution in [0.5, 0.6) is 0 Å². The molecule has 0 radical (unpaired) electrons. The first-order chi connectivity index (χ1) is 14.0. The smallest absolute Gasteiger partial charge is 0.394 e. The maximum absolute atomic E-state index is 13.4. The number of alkyl halides is 3. The Balaban J connectivity index is 1.84. The van der Waals surface area contributed by atoms with Crippen molar-refractivity contribution in [3.8, 4) is 0 Å². The Kier molecular flexibility index (Phi) is 6.05. The summed E-state index contributed by atoms with van der Waals surface area (Å²) in [6, 6.07) is 4.82. The summed E-state index contributed by atoms with van der Waals surface area (Å²) < 4.78 is 52.0. The molecular weight excluding hydrogens is 428 g/mol. The van der Waals surface area contributed by atoms with Gasteiger partial charge in [0, 0.05) is 17.7 Å². The predicted octanol–water partition coefficient (Wildman–Crippen LogP) is 4.02. The maximum atomic E-state index is 13.4. The van der Waals surface area contributed by atoms with Crippen molar-refractivity contribution < 1.29 is 32.3 Å². The van der Waals surface area contributed by atoms with Gasteiger partial charge >= 0.3 is 6.18 Å². The third-order valence-corrected chi connectivity index (χ3v) is 5.16. The molecule has 2 N–H and O–H groups in total. The fourth-order valence-electron chi connectivity index (χ4n) is 3.24. The van der Waals surface area contributed by atoms with Crippen molar-refractivity contribution in [2.24, 2.45) is 0 Å². The number of nitrogens with zero attached hydrogens (tertiary/aromatic N) is 1. The van der Waals surface area contributed by atoms with Gasteiger partial charge in [0.05, 0.1) is 35.3 Å². The molecule has 1 aliphatic heterocycles. The molecule has 3 rings (SSSR count). The van der Waals surface area contributed by atoms with E-state index in [1.54, 1.807) is 6.92 Å². The molecule has 0 saturated carbocycles. The van der Waals surface area contributed by atoms with E-state index in [1.807, 2.05) is 0 Å². The zero-order valence-corrected chi connectivity index (χ0v) is 16.4. The highest BCUT2D eigenvalue weighted by atomic mass is 35.5. The van der Waals surface area contributed by atoms with Crippen molar-refractivity contribution in [1.82, 2.24) is 4.90 Å². The number of carbonyl (C=O) groups excluding carboxylic acids is 2. The van der Waals surface area contributed by atoms with Crippen molar-refractivity contribution in [1.29, 1.82) is 0 Å². The Hall–Kier alpha value is -2.65. The number of hydrogen-bond donors (Lipinski definition) is 2. The van der Waals surface area contributed by atoms with E-state index in [0.717, 1.165) is 6.07 Å². The average Bonchev–Trinajstić information content (AvgIpc) is 3.01. The lowest BCUT2D eigenvalue weighted by molar-refractivity contribution is -0.140. The summed E-state index contributed by atoms with van der Waals surface area (Å²) in [5.74, 6) is -2.43. The van der Waals surface area contributed by atoms with Gasteiger partial charge in [-0.2, -0.15) is 13.2 Å². The van der Waals surface area contributed by atoms with Crippen LogP contribution < -0.4 is 5.32 Å². The number of hydrogen-bond acceptors (Lipinski definition) is 3. The summed E-state index contributed by atoms with van der Waals surface area (Å²) in [6.07, 6.45) is -5.33. The van der Waals surface area contributed by atoms with Crippen LogP contribution in [0.25, 0.3) is 0 Å². The number of amides is 2. The van der Waals surface area contributed by atoms with Gasteiger partial charge in [0.2, 0.25) is 5.91 Å². The molecule has 0 fully saturated rings. The molecule has 0 aromatic heterocycles. The van der Waals surface area contributed by atoms with Gasteiger partial charge in [-0.25, -0.2) is 4.39 Å². The molecule has 160 valence electrons. The molecule has 2 aromatic rings. The van der Waals surface area contributed by atoms with Crippen LogP contribution in [0.4, 0.5) is 23.2 Å². The summed E-state index contributed by atoms with van der Waals surface area (Å²) in [5, 5.41) is 12.0. The Morgan fingerprint density at radius 3 is 2.63 bits per heavy atom. The summed E-state index contributed by atoms with van der Waals surface area (Å²) in [7, 11) is 0. The standard InChI is InChI=1S/C20H17ClF4N2O3/c1-10(9-28)27-8-13-12(19(27)30)3-4-15(21)18(13)26-17(29)7-11-2-5-16(22)14(6-11)20(23,24)25/h2-6,10,28H,7-9H2,1H3,(H,26,29). The number of nitrogens with one attached hydrogen (secondary N) is 1. The fraction of sp³-hybridized carbons (Fsp3) is 0.300. The lowest BCUT2D eigenvalue weighted by Gasteiger charge is -2.22. The van der Waals surface area contributed by atoms with E-state index in [-0.39, 0.29) is 35.3 Å². The maximum Gasteiger partial charge on any atom is 0.419 e. The number of rotatable bonds is 5. The summed E-state index contributed by atoms with van der Waals surface area (Å²) >= 11 is 6.18. The highest BCUT2D eigenvalue weighted by molar-refractivity contribution is 6.34. The molecule has 1 aliphatic rings. The Morgan fingerprint density at radius 2 is 2.00 bits per heavy atom. The molecule has 5 nitrogen and oxygen atoms in total. The van der Waals surface area contributed by atoms with E-state index >= 15 is 0 Å². The molecule has 2 amide bonds. The molecule has 0 aliphatic carbocycles. The zero-order valence-electron chi connectivity index (χ0n) is 15.7. The van der Waals surface area contributed by atoms with Gasteiger partial charge in [-0.3, -0.25) is 9.59 Å². The van der Waals surface area contributed by atoms with E-state index < -0.39 is 35.9 Å². The van der Waals surface area contributed by atoms with Gasteiger partial charge in [-0.15, -0.1) is 0 Å². The Morgan fingerprint density at radius 1 is 1.30 bits per heavy atom. The summed E-state index contributed by atoms with van der Waals surface area (Å²) in [4.78, 5) is 26.4. The van der Waals surface area contributed by atoms with Crippen LogP contribution in [-0.2, 0) is 23.9 Å². The van der Waals surface area contributed by atoms with Crippen LogP contribution in [0.15, 0.2) is 30.3 Å². The Labute approximate surface area is 174 Å². The molecule has 1 heterocycles. The van der Waals surface area contributed by atoms with Gasteiger partial charge in [0.15, 0.2) is 0 Å². The van der Waals surface area contributed by atoms with Crippen LogP contribution in [0.2, 0.25) is 5.02 Å².